The lowest BCUT2D eigenvalue weighted by Gasteiger charge is -2.30. The van der Waals surface area contributed by atoms with Crippen molar-refractivity contribution < 1.29 is 5.11 Å². The molecule has 1 aromatic rings. The summed E-state index contributed by atoms with van der Waals surface area (Å²) in [7, 11) is 2.19. The van der Waals surface area contributed by atoms with Crippen LogP contribution in [0.2, 0.25) is 0 Å². The lowest BCUT2D eigenvalue weighted by molar-refractivity contribution is 0.200. The highest BCUT2D eigenvalue weighted by molar-refractivity contribution is 5.34. The van der Waals surface area contributed by atoms with Crippen molar-refractivity contribution in [1.29, 1.82) is 0 Å². The van der Waals surface area contributed by atoms with Crippen molar-refractivity contribution in [2.45, 2.75) is 45.1 Å². The molecule has 1 aliphatic rings. The molecule has 1 aliphatic carbocycles. The van der Waals surface area contributed by atoms with Crippen LogP contribution in [0.5, 0.6) is 5.75 Å². The SMILES string of the molecule is CCC(c1ccccc1O)N(C)CC1CCCC1. The Balaban J connectivity index is 2.05. The van der Waals surface area contributed by atoms with Gasteiger partial charge in [0.2, 0.25) is 0 Å². The quantitative estimate of drug-likeness (QED) is 0.851. The number of aromatic hydroxyl groups is 1. The summed E-state index contributed by atoms with van der Waals surface area (Å²) in [5, 5.41) is 10.00. The monoisotopic (exact) mass is 247 g/mol. The minimum absolute atomic E-state index is 0.340. The molecule has 1 atom stereocenters. The first-order chi connectivity index (χ1) is 8.72. The number of benzene rings is 1. The van der Waals surface area contributed by atoms with Crippen molar-refractivity contribution >= 4 is 0 Å². The van der Waals surface area contributed by atoms with E-state index in [9.17, 15) is 5.11 Å². The van der Waals surface area contributed by atoms with Gasteiger partial charge in [-0.05, 0) is 38.3 Å². The summed E-state index contributed by atoms with van der Waals surface area (Å²) < 4.78 is 0. The second-order valence-corrected chi connectivity index (χ2v) is 5.57. The Morgan fingerprint density at radius 1 is 1.28 bits per heavy atom. The molecule has 100 valence electrons. The standard InChI is InChI=1S/C16H25NO/c1-3-15(14-10-6-7-11-16(14)18)17(2)12-13-8-4-5-9-13/h6-7,10-11,13,15,18H,3-5,8-9,12H2,1-2H3. The van der Waals surface area contributed by atoms with Crippen molar-refractivity contribution in [3.8, 4) is 5.75 Å². The maximum atomic E-state index is 10.00. The lowest BCUT2D eigenvalue weighted by atomic mass is 10.00. The topological polar surface area (TPSA) is 23.5 Å². The van der Waals surface area contributed by atoms with Gasteiger partial charge in [-0.2, -0.15) is 0 Å². The number of nitrogens with zero attached hydrogens (tertiary/aromatic N) is 1. The van der Waals surface area contributed by atoms with Gasteiger partial charge in [-0.25, -0.2) is 0 Å². The third-order valence-electron chi connectivity index (χ3n) is 4.24. The van der Waals surface area contributed by atoms with Crippen molar-refractivity contribution in [3.05, 3.63) is 29.8 Å². The Labute approximate surface area is 111 Å². The zero-order chi connectivity index (χ0) is 13.0. The van der Waals surface area contributed by atoms with E-state index in [1.807, 2.05) is 12.1 Å². The molecular formula is C16H25NO. The van der Waals surface area contributed by atoms with E-state index < -0.39 is 0 Å². The molecule has 0 radical (unpaired) electrons. The molecule has 0 amide bonds. The summed E-state index contributed by atoms with van der Waals surface area (Å²) in [4.78, 5) is 2.42. The van der Waals surface area contributed by atoms with E-state index in [2.05, 4.69) is 24.9 Å². The van der Waals surface area contributed by atoms with Crippen LogP contribution >= 0.6 is 0 Å². The molecule has 0 spiro atoms. The summed E-state index contributed by atoms with van der Waals surface area (Å²) in [6.45, 7) is 3.36. The normalized spacial score (nSPS) is 18.4. The van der Waals surface area contributed by atoms with Gasteiger partial charge in [-0.1, -0.05) is 38.0 Å². The Kier molecular flexibility index (Phi) is 4.65. The van der Waals surface area contributed by atoms with Crippen LogP contribution in [-0.2, 0) is 0 Å². The second-order valence-electron chi connectivity index (χ2n) is 5.57. The summed E-state index contributed by atoms with van der Waals surface area (Å²) in [6, 6.07) is 8.09. The molecule has 2 heteroatoms. The molecule has 18 heavy (non-hydrogen) atoms. The van der Waals surface area contributed by atoms with Gasteiger partial charge < -0.3 is 5.11 Å². The highest BCUT2D eigenvalue weighted by Gasteiger charge is 2.22. The number of para-hydroxylation sites is 1. The van der Waals surface area contributed by atoms with Crippen LogP contribution in [-0.4, -0.2) is 23.6 Å². The van der Waals surface area contributed by atoms with Crippen molar-refractivity contribution in [2.24, 2.45) is 5.92 Å². The Bertz CT molecular complexity index is 371. The molecule has 1 aromatic carbocycles. The summed E-state index contributed by atoms with van der Waals surface area (Å²) in [5.74, 6) is 1.29. The number of hydrogen-bond donors (Lipinski definition) is 1. The van der Waals surface area contributed by atoms with Crippen LogP contribution in [0.4, 0.5) is 0 Å². The lowest BCUT2D eigenvalue weighted by Crippen LogP contribution is -2.29. The van der Waals surface area contributed by atoms with Gasteiger partial charge in [0, 0.05) is 18.2 Å². The largest absolute Gasteiger partial charge is 0.508 e. The third-order valence-corrected chi connectivity index (χ3v) is 4.24. The third kappa shape index (κ3) is 3.05. The van der Waals surface area contributed by atoms with E-state index in [-0.39, 0.29) is 0 Å². The first-order valence-electron chi connectivity index (χ1n) is 7.20. The van der Waals surface area contributed by atoms with E-state index in [4.69, 9.17) is 0 Å². The first-order valence-corrected chi connectivity index (χ1v) is 7.20. The number of hydrogen-bond acceptors (Lipinski definition) is 2. The molecule has 2 rings (SSSR count). The number of rotatable bonds is 5. The van der Waals surface area contributed by atoms with Crippen LogP contribution in [0.15, 0.2) is 24.3 Å². The summed E-state index contributed by atoms with van der Waals surface area (Å²) >= 11 is 0. The fourth-order valence-electron chi connectivity index (χ4n) is 3.27. The zero-order valence-corrected chi connectivity index (χ0v) is 11.6. The van der Waals surface area contributed by atoms with E-state index in [1.54, 1.807) is 6.07 Å². The molecule has 1 fully saturated rings. The first kappa shape index (κ1) is 13.4. The maximum Gasteiger partial charge on any atom is 0.120 e. The van der Waals surface area contributed by atoms with Crippen LogP contribution in [0.3, 0.4) is 0 Å². The predicted molar refractivity (Wildman–Crippen MR) is 75.7 cm³/mol. The summed E-state index contributed by atoms with van der Waals surface area (Å²) in [5.41, 5.74) is 1.07. The number of phenolic OH excluding ortho intramolecular Hbond substituents is 1. The molecule has 1 N–H and O–H groups in total. The van der Waals surface area contributed by atoms with Crippen molar-refractivity contribution in [1.82, 2.24) is 4.90 Å². The molecule has 1 saturated carbocycles. The fourth-order valence-corrected chi connectivity index (χ4v) is 3.27. The molecule has 0 saturated heterocycles. The molecule has 0 bridgehead atoms. The zero-order valence-electron chi connectivity index (χ0n) is 11.6. The maximum absolute atomic E-state index is 10.00. The van der Waals surface area contributed by atoms with Crippen molar-refractivity contribution in [2.75, 3.05) is 13.6 Å². The van der Waals surface area contributed by atoms with Crippen LogP contribution < -0.4 is 0 Å². The van der Waals surface area contributed by atoms with Gasteiger partial charge in [-0.3, -0.25) is 4.90 Å². The molecule has 2 nitrogen and oxygen atoms in total. The molecule has 0 aromatic heterocycles. The average Bonchev–Trinajstić information content (AvgIpc) is 2.85. The van der Waals surface area contributed by atoms with Gasteiger partial charge >= 0.3 is 0 Å². The molecular weight excluding hydrogens is 222 g/mol. The smallest absolute Gasteiger partial charge is 0.120 e. The van der Waals surface area contributed by atoms with E-state index >= 15 is 0 Å². The average molecular weight is 247 g/mol. The van der Waals surface area contributed by atoms with Crippen LogP contribution in [0.25, 0.3) is 0 Å². The number of phenols is 1. The second kappa shape index (κ2) is 6.24. The van der Waals surface area contributed by atoms with Crippen molar-refractivity contribution in [3.63, 3.8) is 0 Å². The van der Waals surface area contributed by atoms with Crippen LogP contribution in [0, 0.1) is 5.92 Å². The molecule has 1 unspecified atom stereocenters. The molecule has 0 heterocycles. The Hall–Kier alpha value is -1.02. The minimum Gasteiger partial charge on any atom is -0.508 e. The van der Waals surface area contributed by atoms with Crippen LogP contribution in [0.1, 0.15) is 50.6 Å². The van der Waals surface area contributed by atoms with Gasteiger partial charge in [0.25, 0.3) is 0 Å². The van der Waals surface area contributed by atoms with Gasteiger partial charge in [-0.15, -0.1) is 0 Å². The van der Waals surface area contributed by atoms with E-state index in [0.29, 0.717) is 11.8 Å². The van der Waals surface area contributed by atoms with E-state index in [0.717, 1.165) is 24.4 Å². The van der Waals surface area contributed by atoms with Gasteiger partial charge in [0.05, 0.1) is 0 Å². The fraction of sp³-hybridized carbons (Fsp3) is 0.625. The molecule has 0 aliphatic heterocycles. The highest BCUT2D eigenvalue weighted by atomic mass is 16.3. The Morgan fingerprint density at radius 3 is 2.56 bits per heavy atom. The van der Waals surface area contributed by atoms with E-state index in [1.165, 1.54) is 25.7 Å². The highest BCUT2D eigenvalue weighted by Crippen LogP contribution is 2.33. The Morgan fingerprint density at radius 2 is 1.94 bits per heavy atom. The minimum atomic E-state index is 0.340. The van der Waals surface area contributed by atoms with Gasteiger partial charge in [0.1, 0.15) is 5.75 Å². The predicted octanol–water partition coefficient (Wildman–Crippen LogP) is 3.97. The van der Waals surface area contributed by atoms with Gasteiger partial charge in [0.15, 0.2) is 0 Å². The summed E-state index contributed by atoms with van der Waals surface area (Å²) in [6.07, 6.45) is 6.58.